The molecule has 3 rings (SSSR count). The third-order valence-electron chi connectivity index (χ3n) is 6.23. The average Bonchev–Trinajstić information content (AvgIpc) is 2.91. The monoisotopic (exact) mass is 571 g/mol. The fourth-order valence-corrected chi connectivity index (χ4v) is 5.18. The van der Waals surface area contributed by atoms with Crippen LogP contribution >= 0.6 is 11.6 Å². The second kappa shape index (κ2) is 12.3. The molecule has 3 aromatic carbocycles. The van der Waals surface area contributed by atoms with Gasteiger partial charge in [0.1, 0.15) is 11.6 Å². The van der Waals surface area contributed by atoms with Crippen molar-refractivity contribution in [1.29, 1.82) is 0 Å². The maximum Gasteiger partial charge on any atom is 0.320 e. The summed E-state index contributed by atoms with van der Waals surface area (Å²) in [6.45, 7) is 3.49. The maximum absolute atomic E-state index is 13.8. The summed E-state index contributed by atoms with van der Waals surface area (Å²) in [5.41, 5.74) is 5.18. The normalized spacial score (nSPS) is 13.7. The average molecular weight is 572 g/mol. The molecular weight excluding hydrogens is 542 g/mol. The van der Waals surface area contributed by atoms with E-state index >= 15 is 0 Å². The Morgan fingerprint density at radius 3 is 2.15 bits per heavy atom. The predicted octanol–water partition coefficient (Wildman–Crippen LogP) is 3.26. The standard InChI is InChI=1S/C27H30ClN5O5S/c1-17(2)27(25(29)35,18-10-5-4-6-11-18)33-24(34)23(21-14-7-8-15-22(21)28)32-26(36)31-19-12-9-13-20(16-19)39(37,38)30-3/h4-17,23,30H,1-3H3,(H2,29,35)(H,33,34)(H2,31,32,36). The SMILES string of the molecule is CNS(=O)(=O)c1cccc(NC(=O)NC(C(=O)NC(C(N)=O)(c2ccccc2)C(C)C)c2ccccc2Cl)c1. The zero-order valence-corrected chi connectivity index (χ0v) is 23.1. The molecule has 0 saturated carbocycles. The number of anilines is 1. The number of hydrogen-bond donors (Lipinski definition) is 5. The highest BCUT2D eigenvalue weighted by molar-refractivity contribution is 7.89. The number of sulfonamides is 1. The van der Waals surface area contributed by atoms with Gasteiger partial charge in [0.05, 0.1) is 4.90 Å². The van der Waals surface area contributed by atoms with Crippen molar-refractivity contribution in [2.75, 3.05) is 12.4 Å². The van der Waals surface area contributed by atoms with Crippen LogP contribution in [0.1, 0.15) is 31.0 Å². The number of nitrogens with two attached hydrogens (primary N) is 1. The number of nitrogens with one attached hydrogen (secondary N) is 4. The van der Waals surface area contributed by atoms with Crippen LogP contribution in [0.25, 0.3) is 0 Å². The van der Waals surface area contributed by atoms with Crippen molar-refractivity contribution in [3.05, 3.63) is 95.0 Å². The minimum Gasteiger partial charge on any atom is -0.367 e. The van der Waals surface area contributed by atoms with Crippen LogP contribution in [0.15, 0.2) is 83.8 Å². The number of halogens is 1. The van der Waals surface area contributed by atoms with Crippen LogP contribution < -0.4 is 26.4 Å². The summed E-state index contributed by atoms with van der Waals surface area (Å²) in [7, 11) is -2.48. The molecule has 6 N–H and O–H groups in total. The van der Waals surface area contributed by atoms with Crippen LogP contribution in [-0.2, 0) is 25.2 Å². The minimum absolute atomic E-state index is 0.0609. The Bertz CT molecular complexity index is 1470. The number of rotatable bonds is 10. The molecule has 0 fully saturated rings. The summed E-state index contributed by atoms with van der Waals surface area (Å²) >= 11 is 6.39. The Balaban J connectivity index is 1.97. The first kappa shape index (κ1) is 29.6. The van der Waals surface area contributed by atoms with Crippen LogP contribution in [0.4, 0.5) is 10.5 Å². The van der Waals surface area contributed by atoms with Crippen molar-refractivity contribution in [3.63, 3.8) is 0 Å². The Labute approximate surface area is 232 Å². The van der Waals surface area contributed by atoms with Gasteiger partial charge in [0.25, 0.3) is 0 Å². The Hall–Kier alpha value is -3.93. The fourth-order valence-electron chi connectivity index (χ4n) is 4.16. The summed E-state index contributed by atoms with van der Waals surface area (Å²) in [5, 5.41) is 8.10. The fraction of sp³-hybridized carbons (Fsp3) is 0.222. The third kappa shape index (κ3) is 6.56. The molecule has 0 aliphatic heterocycles. The molecule has 39 heavy (non-hydrogen) atoms. The summed E-state index contributed by atoms with van der Waals surface area (Å²) in [6.07, 6.45) is 0. The molecule has 0 aromatic heterocycles. The van der Waals surface area contributed by atoms with Gasteiger partial charge < -0.3 is 21.7 Å². The van der Waals surface area contributed by atoms with E-state index < -0.39 is 45.4 Å². The van der Waals surface area contributed by atoms with Crippen LogP contribution in [0, 0.1) is 5.92 Å². The molecule has 12 heteroatoms. The van der Waals surface area contributed by atoms with Gasteiger partial charge in [-0.3, -0.25) is 9.59 Å². The second-order valence-corrected chi connectivity index (χ2v) is 11.3. The molecule has 0 aliphatic rings. The van der Waals surface area contributed by atoms with Crippen LogP contribution in [0.5, 0.6) is 0 Å². The van der Waals surface area contributed by atoms with E-state index in [2.05, 4.69) is 20.7 Å². The van der Waals surface area contributed by atoms with Gasteiger partial charge in [-0.2, -0.15) is 0 Å². The predicted molar refractivity (Wildman–Crippen MR) is 149 cm³/mol. The summed E-state index contributed by atoms with van der Waals surface area (Å²) in [4.78, 5) is 39.6. The molecule has 0 aliphatic carbocycles. The highest BCUT2D eigenvalue weighted by Crippen LogP contribution is 2.32. The molecule has 3 aromatic rings. The van der Waals surface area contributed by atoms with Gasteiger partial charge in [0, 0.05) is 16.3 Å². The van der Waals surface area contributed by atoms with E-state index in [-0.39, 0.29) is 21.2 Å². The number of carbonyl (C=O) groups excluding carboxylic acids is 3. The Kier molecular flexibility index (Phi) is 9.33. The lowest BCUT2D eigenvalue weighted by molar-refractivity contribution is -0.135. The van der Waals surface area contributed by atoms with Gasteiger partial charge >= 0.3 is 6.03 Å². The van der Waals surface area contributed by atoms with E-state index in [1.54, 1.807) is 68.4 Å². The van der Waals surface area contributed by atoms with Crippen molar-refractivity contribution in [3.8, 4) is 0 Å². The molecule has 0 radical (unpaired) electrons. The highest BCUT2D eigenvalue weighted by Gasteiger charge is 2.44. The van der Waals surface area contributed by atoms with E-state index in [0.29, 0.717) is 5.56 Å². The molecule has 0 spiro atoms. The number of hydrogen-bond acceptors (Lipinski definition) is 5. The summed E-state index contributed by atoms with van der Waals surface area (Å²) < 4.78 is 26.5. The van der Waals surface area contributed by atoms with Crippen LogP contribution in [0.2, 0.25) is 5.02 Å². The van der Waals surface area contributed by atoms with E-state index in [1.165, 1.54) is 31.3 Å². The number of urea groups is 1. The topological polar surface area (TPSA) is 159 Å². The first-order valence-electron chi connectivity index (χ1n) is 12.0. The highest BCUT2D eigenvalue weighted by atomic mass is 35.5. The molecule has 2 atom stereocenters. The smallest absolute Gasteiger partial charge is 0.320 e. The molecule has 0 bridgehead atoms. The van der Waals surface area contributed by atoms with Gasteiger partial charge in [-0.15, -0.1) is 0 Å². The summed E-state index contributed by atoms with van der Waals surface area (Å²) in [5.74, 6) is -1.97. The van der Waals surface area contributed by atoms with Gasteiger partial charge in [0.15, 0.2) is 0 Å². The van der Waals surface area contributed by atoms with E-state index in [4.69, 9.17) is 17.3 Å². The van der Waals surface area contributed by atoms with Crippen LogP contribution in [-0.4, -0.2) is 33.3 Å². The number of benzene rings is 3. The quantitative estimate of drug-likeness (QED) is 0.252. The second-order valence-electron chi connectivity index (χ2n) is 8.97. The van der Waals surface area contributed by atoms with Crippen molar-refractivity contribution in [2.24, 2.45) is 11.7 Å². The molecule has 206 valence electrons. The van der Waals surface area contributed by atoms with E-state index in [1.807, 2.05) is 0 Å². The molecule has 4 amide bonds. The van der Waals surface area contributed by atoms with Crippen molar-refractivity contribution < 1.29 is 22.8 Å². The van der Waals surface area contributed by atoms with Crippen molar-refractivity contribution in [2.45, 2.75) is 30.3 Å². The zero-order chi connectivity index (χ0) is 28.8. The molecular formula is C27H30ClN5O5S. The van der Waals surface area contributed by atoms with E-state index in [9.17, 15) is 22.8 Å². The number of carbonyl (C=O) groups is 3. The number of primary amides is 1. The lowest BCUT2D eigenvalue weighted by Crippen LogP contribution is -2.60. The first-order chi connectivity index (χ1) is 18.4. The zero-order valence-electron chi connectivity index (χ0n) is 21.6. The third-order valence-corrected chi connectivity index (χ3v) is 7.99. The molecule has 0 saturated heterocycles. The lowest BCUT2D eigenvalue weighted by Gasteiger charge is -2.37. The Morgan fingerprint density at radius 2 is 1.56 bits per heavy atom. The summed E-state index contributed by atoms with van der Waals surface area (Å²) in [6, 6.07) is 18.4. The molecule has 0 heterocycles. The van der Waals surface area contributed by atoms with Gasteiger partial charge in [0.2, 0.25) is 21.8 Å². The largest absolute Gasteiger partial charge is 0.367 e. The van der Waals surface area contributed by atoms with Crippen molar-refractivity contribution in [1.82, 2.24) is 15.4 Å². The number of amides is 4. The van der Waals surface area contributed by atoms with Gasteiger partial charge in [-0.05, 0) is 42.8 Å². The minimum atomic E-state index is -3.75. The first-order valence-corrected chi connectivity index (χ1v) is 13.8. The van der Waals surface area contributed by atoms with Gasteiger partial charge in [-0.25, -0.2) is 17.9 Å². The molecule has 2 unspecified atom stereocenters. The van der Waals surface area contributed by atoms with Crippen molar-refractivity contribution >= 4 is 45.2 Å². The maximum atomic E-state index is 13.8. The van der Waals surface area contributed by atoms with Crippen LogP contribution in [0.3, 0.4) is 0 Å². The lowest BCUT2D eigenvalue weighted by atomic mass is 9.78. The van der Waals surface area contributed by atoms with Gasteiger partial charge in [-0.1, -0.05) is 80.0 Å². The molecule has 10 nitrogen and oxygen atoms in total. The van der Waals surface area contributed by atoms with E-state index in [0.717, 1.165) is 0 Å². The Morgan fingerprint density at radius 1 is 0.923 bits per heavy atom.